The molecular weight excluding hydrogens is 372 g/mol. The predicted octanol–water partition coefficient (Wildman–Crippen LogP) is 2.35. The number of anilines is 1. The van der Waals surface area contributed by atoms with Gasteiger partial charge in [0, 0.05) is 12.6 Å². The van der Waals surface area contributed by atoms with E-state index in [-0.39, 0.29) is 30.5 Å². The first-order chi connectivity index (χ1) is 14.0. The third-order valence-electron chi connectivity index (χ3n) is 5.44. The lowest BCUT2D eigenvalue weighted by molar-refractivity contribution is -0.195. The molecule has 2 aliphatic heterocycles. The van der Waals surface area contributed by atoms with E-state index in [2.05, 4.69) is 5.32 Å². The first-order valence-corrected chi connectivity index (χ1v) is 9.68. The van der Waals surface area contributed by atoms with E-state index < -0.39 is 12.1 Å². The molecule has 0 saturated carbocycles. The number of aliphatic hydroxyl groups is 1. The van der Waals surface area contributed by atoms with Gasteiger partial charge in [0.25, 0.3) is 0 Å². The third kappa shape index (κ3) is 3.89. The minimum absolute atomic E-state index is 0.107. The van der Waals surface area contributed by atoms with Crippen LogP contribution in [0.5, 0.6) is 0 Å². The van der Waals surface area contributed by atoms with Gasteiger partial charge in [-0.05, 0) is 41.8 Å². The maximum absolute atomic E-state index is 12.3. The monoisotopic (exact) mass is 396 g/mol. The number of carbonyl (C=O) groups is 2. The van der Waals surface area contributed by atoms with Crippen molar-refractivity contribution in [1.82, 2.24) is 5.06 Å². The van der Waals surface area contributed by atoms with Crippen LogP contribution in [0.15, 0.2) is 48.5 Å². The summed E-state index contributed by atoms with van der Waals surface area (Å²) in [5, 5.41) is 14.0. The molecule has 2 fully saturated rings. The number of hydrogen-bond acceptors (Lipinski definition) is 6. The van der Waals surface area contributed by atoms with Crippen molar-refractivity contribution in [3.8, 4) is 11.1 Å². The predicted molar refractivity (Wildman–Crippen MR) is 107 cm³/mol. The van der Waals surface area contributed by atoms with E-state index in [1.807, 2.05) is 55.5 Å². The van der Waals surface area contributed by atoms with Crippen LogP contribution in [0.3, 0.4) is 0 Å². The average Bonchev–Trinajstić information content (AvgIpc) is 3.20. The van der Waals surface area contributed by atoms with Crippen LogP contribution in [-0.4, -0.2) is 46.9 Å². The van der Waals surface area contributed by atoms with Crippen molar-refractivity contribution in [3.63, 3.8) is 0 Å². The van der Waals surface area contributed by atoms with Gasteiger partial charge in [-0.25, -0.2) is 0 Å². The second-order valence-electron chi connectivity index (χ2n) is 7.52. The summed E-state index contributed by atoms with van der Waals surface area (Å²) in [6.07, 6.45) is -0.714. The van der Waals surface area contributed by atoms with E-state index in [1.165, 1.54) is 6.92 Å². The number of cyclic esters (lactones) is 1. The molecule has 2 N–H and O–H groups in total. The molecule has 2 aromatic rings. The van der Waals surface area contributed by atoms with Crippen molar-refractivity contribution < 1.29 is 24.3 Å². The summed E-state index contributed by atoms with van der Waals surface area (Å²) in [6, 6.07) is 15.1. The summed E-state index contributed by atoms with van der Waals surface area (Å²) < 4.78 is 5.36. The second-order valence-corrected chi connectivity index (χ2v) is 7.52. The van der Waals surface area contributed by atoms with E-state index in [1.54, 1.807) is 5.06 Å². The molecule has 2 aliphatic rings. The molecule has 7 heteroatoms. The van der Waals surface area contributed by atoms with E-state index in [4.69, 9.17) is 9.57 Å². The largest absolute Gasteiger partial charge is 0.461 e. The fourth-order valence-corrected chi connectivity index (χ4v) is 4.14. The summed E-state index contributed by atoms with van der Waals surface area (Å²) in [5.74, 6) is -0.579. The summed E-state index contributed by atoms with van der Waals surface area (Å²) in [5.41, 5.74) is 3.77. The number of nitrogens with zero attached hydrogens (tertiary/aromatic N) is 1. The first kappa shape index (κ1) is 19.6. The highest BCUT2D eigenvalue weighted by molar-refractivity contribution is 5.89. The first-order valence-electron chi connectivity index (χ1n) is 9.68. The van der Waals surface area contributed by atoms with Crippen LogP contribution in [0.25, 0.3) is 11.1 Å². The number of ether oxygens (including phenoxy) is 1. The van der Waals surface area contributed by atoms with E-state index in [9.17, 15) is 14.7 Å². The fraction of sp³-hybridized carbons (Fsp3) is 0.364. The van der Waals surface area contributed by atoms with Gasteiger partial charge in [0.15, 0.2) is 0 Å². The van der Waals surface area contributed by atoms with Crippen molar-refractivity contribution in [2.24, 2.45) is 5.92 Å². The Morgan fingerprint density at radius 1 is 1.17 bits per heavy atom. The number of rotatable bonds is 5. The molecule has 4 atom stereocenters. The average molecular weight is 396 g/mol. The Labute approximate surface area is 169 Å². The van der Waals surface area contributed by atoms with Gasteiger partial charge in [-0.2, -0.15) is 5.06 Å². The van der Waals surface area contributed by atoms with Crippen molar-refractivity contribution in [3.05, 3.63) is 54.1 Å². The number of nitrogens with one attached hydrogen (secondary N) is 1. The molecule has 0 bridgehead atoms. The van der Waals surface area contributed by atoms with Crippen molar-refractivity contribution in [2.45, 2.75) is 38.6 Å². The molecule has 29 heavy (non-hydrogen) atoms. The Balaban J connectivity index is 1.52. The van der Waals surface area contributed by atoms with Gasteiger partial charge in [0.1, 0.15) is 18.2 Å². The maximum atomic E-state index is 12.3. The number of esters is 1. The number of carbonyl (C=O) groups excluding carboxylic acids is 2. The lowest BCUT2D eigenvalue weighted by Gasteiger charge is -2.20. The van der Waals surface area contributed by atoms with Crippen LogP contribution in [-0.2, 0) is 25.7 Å². The van der Waals surface area contributed by atoms with Crippen molar-refractivity contribution in [1.29, 1.82) is 0 Å². The van der Waals surface area contributed by atoms with Crippen molar-refractivity contribution >= 4 is 17.6 Å². The molecule has 1 amide bonds. The number of amides is 1. The lowest BCUT2D eigenvalue weighted by Crippen LogP contribution is -2.35. The quantitative estimate of drug-likeness (QED) is 0.755. The van der Waals surface area contributed by atoms with E-state index >= 15 is 0 Å². The number of hydroxylamine groups is 2. The molecule has 0 spiro atoms. The van der Waals surface area contributed by atoms with Crippen LogP contribution in [0.2, 0.25) is 0 Å². The molecular formula is C22H24N2O5. The van der Waals surface area contributed by atoms with Gasteiger partial charge in [-0.1, -0.05) is 30.3 Å². The zero-order chi connectivity index (χ0) is 20.5. The normalized spacial score (nSPS) is 26.2. The molecule has 2 aromatic carbocycles. The molecule has 0 aromatic heterocycles. The topological polar surface area (TPSA) is 88.1 Å². The molecule has 7 nitrogen and oxygen atoms in total. The highest BCUT2D eigenvalue weighted by Gasteiger charge is 2.56. The van der Waals surface area contributed by atoms with Gasteiger partial charge in [-0.3, -0.25) is 14.4 Å². The van der Waals surface area contributed by atoms with Gasteiger partial charge < -0.3 is 15.2 Å². The van der Waals surface area contributed by atoms with E-state index in [0.29, 0.717) is 6.54 Å². The maximum Gasteiger partial charge on any atom is 0.326 e. The molecule has 2 saturated heterocycles. The van der Waals surface area contributed by atoms with Gasteiger partial charge in [0.2, 0.25) is 5.91 Å². The number of aliphatic hydroxyl groups excluding tert-OH is 1. The van der Waals surface area contributed by atoms with Gasteiger partial charge in [0.05, 0.1) is 19.1 Å². The molecule has 0 aliphatic carbocycles. The summed E-state index contributed by atoms with van der Waals surface area (Å²) in [4.78, 5) is 29.3. The van der Waals surface area contributed by atoms with Crippen LogP contribution in [0.1, 0.15) is 19.4 Å². The number of fused-ring (bicyclic) bond motifs is 1. The Kier molecular flexibility index (Phi) is 5.36. The zero-order valence-electron chi connectivity index (χ0n) is 16.4. The lowest BCUT2D eigenvalue weighted by atomic mass is 9.93. The summed E-state index contributed by atoms with van der Waals surface area (Å²) in [6.45, 7) is 3.57. The number of hydrogen-bond donors (Lipinski definition) is 2. The van der Waals surface area contributed by atoms with Gasteiger partial charge in [-0.15, -0.1) is 0 Å². The Hall–Kier alpha value is -2.74. The highest BCUT2D eigenvalue weighted by atomic mass is 16.7. The minimum Gasteiger partial charge on any atom is -0.461 e. The van der Waals surface area contributed by atoms with Crippen LogP contribution < -0.4 is 5.32 Å². The molecule has 4 rings (SSSR count). The molecule has 0 radical (unpaired) electrons. The van der Waals surface area contributed by atoms with Gasteiger partial charge >= 0.3 is 5.97 Å². The van der Waals surface area contributed by atoms with Crippen LogP contribution in [0, 0.1) is 5.92 Å². The molecule has 0 unspecified atom stereocenters. The minimum atomic E-state index is -0.497. The SMILES string of the molecule is CC(=O)Nc1ccc(-c2cccc(CN3O[C@@H](CO)[C@H]4[C@H](C)OC(=O)[C@H]43)c2)cc1. The Morgan fingerprint density at radius 3 is 2.62 bits per heavy atom. The number of benzene rings is 2. The van der Waals surface area contributed by atoms with Crippen LogP contribution >= 0.6 is 0 Å². The summed E-state index contributed by atoms with van der Waals surface area (Å²) in [7, 11) is 0. The summed E-state index contributed by atoms with van der Waals surface area (Å²) >= 11 is 0. The third-order valence-corrected chi connectivity index (χ3v) is 5.44. The molecule has 152 valence electrons. The highest BCUT2D eigenvalue weighted by Crippen LogP contribution is 2.38. The van der Waals surface area contributed by atoms with Crippen LogP contribution in [0.4, 0.5) is 5.69 Å². The Morgan fingerprint density at radius 2 is 1.93 bits per heavy atom. The van der Waals surface area contributed by atoms with E-state index in [0.717, 1.165) is 22.4 Å². The standard InChI is InChI=1S/C22H24N2O5/c1-13-20-19(12-25)29-24(21(20)22(27)28-13)11-15-4-3-5-17(10-15)16-6-8-18(9-7-16)23-14(2)26/h3-10,13,19-21,25H,11-12H2,1-2H3,(H,23,26)/t13-,19-,20+,21-/m0/s1. The second kappa shape index (κ2) is 7.94. The zero-order valence-corrected chi connectivity index (χ0v) is 16.4. The fourth-order valence-electron chi connectivity index (χ4n) is 4.14. The van der Waals surface area contributed by atoms with Crippen molar-refractivity contribution in [2.75, 3.05) is 11.9 Å². The smallest absolute Gasteiger partial charge is 0.326 e. The molecule has 2 heterocycles. The Bertz CT molecular complexity index is 914.